The molecule has 0 unspecified atom stereocenters. The molecule has 1 aromatic heterocycles. The van der Waals surface area contributed by atoms with E-state index in [1.54, 1.807) is 18.2 Å². The fourth-order valence-corrected chi connectivity index (χ4v) is 2.34. The maximum atomic E-state index is 11.7. The standard InChI is InChI=1S/C13H14N4O2S/c1-2-15-12(19)8-3-4-10(9(14)7-8)20-13-16-6-5-11(18)17-13/h3-7H,2,14H2,1H3,(H,15,19)(H,16,17,18). The summed E-state index contributed by atoms with van der Waals surface area (Å²) in [5.41, 5.74) is 6.66. The molecule has 2 rings (SSSR count). The van der Waals surface area contributed by atoms with Gasteiger partial charge in [0.25, 0.3) is 11.5 Å². The third kappa shape index (κ3) is 3.39. The van der Waals surface area contributed by atoms with Crippen LogP contribution in [0.4, 0.5) is 5.69 Å². The molecule has 0 aliphatic rings. The van der Waals surface area contributed by atoms with Gasteiger partial charge >= 0.3 is 0 Å². The van der Waals surface area contributed by atoms with Gasteiger partial charge in [0.15, 0.2) is 5.16 Å². The zero-order chi connectivity index (χ0) is 14.5. The largest absolute Gasteiger partial charge is 0.398 e. The van der Waals surface area contributed by atoms with Crippen molar-refractivity contribution < 1.29 is 4.79 Å². The number of aromatic amines is 1. The molecule has 7 heteroatoms. The van der Waals surface area contributed by atoms with Crippen LogP contribution in [0.1, 0.15) is 17.3 Å². The highest BCUT2D eigenvalue weighted by molar-refractivity contribution is 7.99. The first-order valence-electron chi connectivity index (χ1n) is 6.01. The Hall–Kier alpha value is -2.28. The normalized spacial score (nSPS) is 10.2. The van der Waals surface area contributed by atoms with Crippen LogP contribution < -0.4 is 16.6 Å². The number of benzene rings is 1. The first-order valence-corrected chi connectivity index (χ1v) is 6.82. The molecular formula is C13H14N4O2S. The van der Waals surface area contributed by atoms with Gasteiger partial charge in [0.2, 0.25) is 0 Å². The number of H-pyrrole nitrogens is 1. The van der Waals surface area contributed by atoms with E-state index in [0.29, 0.717) is 23.0 Å². The molecule has 1 aromatic carbocycles. The summed E-state index contributed by atoms with van der Waals surface area (Å²) in [5.74, 6) is -0.165. The van der Waals surface area contributed by atoms with E-state index in [2.05, 4.69) is 15.3 Å². The highest BCUT2D eigenvalue weighted by Crippen LogP contribution is 2.29. The number of aromatic nitrogens is 2. The molecule has 0 saturated heterocycles. The quantitative estimate of drug-likeness (QED) is 0.581. The molecule has 4 N–H and O–H groups in total. The van der Waals surface area contributed by atoms with E-state index in [4.69, 9.17) is 5.73 Å². The van der Waals surface area contributed by atoms with Gasteiger partial charge in [0, 0.05) is 35.0 Å². The Morgan fingerprint density at radius 3 is 2.90 bits per heavy atom. The van der Waals surface area contributed by atoms with Crippen molar-refractivity contribution in [3.05, 3.63) is 46.4 Å². The number of rotatable bonds is 4. The Balaban J connectivity index is 2.22. The molecule has 104 valence electrons. The van der Waals surface area contributed by atoms with Gasteiger partial charge in [0.1, 0.15) is 0 Å². The van der Waals surface area contributed by atoms with Gasteiger partial charge in [-0.25, -0.2) is 4.98 Å². The number of hydrogen-bond donors (Lipinski definition) is 3. The van der Waals surface area contributed by atoms with Crippen LogP contribution in [0.3, 0.4) is 0 Å². The lowest BCUT2D eigenvalue weighted by Crippen LogP contribution is -2.22. The lowest BCUT2D eigenvalue weighted by molar-refractivity contribution is 0.0956. The topological polar surface area (TPSA) is 101 Å². The minimum absolute atomic E-state index is 0.165. The first-order chi connectivity index (χ1) is 9.60. The van der Waals surface area contributed by atoms with E-state index >= 15 is 0 Å². The van der Waals surface area contributed by atoms with Crippen molar-refractivity contribution in [1.82, 2.24) is 15.3 Å². The summed E-state index contributed by atoms with van der Waals surface area (Å²) in [6.45, 7) is 2.41. The van der Waals surface area contributed by atoms with Gasteiger partial charge in [-0.1, -0.05) is 0 Å². The van der Waals surface area contributed by atoms with Gasteiger partial charge in [0.05, 0.1) is 0 Å². The third-order valence-corrected chi connectivity index (χ3v) is 3.46. The summed E-state index contributed by atoms with van der Waals surface area (Å²) in [4.78, 5) is 30.2. The van der Waals surface area contributed by atoms with Crippen molar-refractivity contribution in [2.75, 3.05) is 12.3 Å². The molecule has 1 heterocycles. The number of carbonyl (C=O) groups excluding carboxylic acids is 1. The van der Waals surface area contributed by atoms with E-state index in [9.17, 15) is 9.59 Å². The number of amides is 1. The fourth-order valence-electron chi connectivity index (χ4n) is 1.55. The number of nitrogens with one attached hydrogen (secondary N) is 2. The maximum Gasteiger partial charge on any atom is 0.251 e. The van der Waals surface area contributed by atoms with Crippen LogP contribution in [0.5, 0.6) is 0 Å². The molecule has 0 bridgehead atoms. The number of hydrogen-bond acceptors (Lipinski definition) is 5. The summed E-state index contributed by atoms with van der Waals surface area (Å²) < 4.78 is 0. The summed E-state index contributed by atoms with van der Waals surface area (Å²) in [7, 11) is 0. The Bertz CT molecular complexity index is 684. The molecule has 0 fully saturated rings. The van der Waals surface area contributed by atoms with Crippen LogP contribution in [0.15, 0.2) is 45.3 Å². The van der Waals surface area contributed by atoms with Gasteiger partial charge in [-0.2, -0.15) is 0 Å². The van der Waals surface area contributed by atoms with Crippen LogP contribution in [-0.4, -0.2) is 22.4 Å². The molecule has 20 heavy (non-hydrogen) atoms. The molecule has 0 atom stereocenters. The average molecular weight is 290 g/mol. The highest BCUT2D eigenvalue weighted by Gasteiger charge is 2.09. The van der Waals surface area contributed by atoms with Crippen LogP contribution in [0.25, 0.3) is 0 Å². The molecule has 0 radical (unpaired) electrons. The van der Waals surface area contributed by atoms with Gasteiger partial charge in [-0.3, -0.25) is 9.59 Å². The number of nitrogen functional groups attached to an aromatic ring is 1. The van der Waals surface area contributed by atoms with Crippen molar-refractivity contribution in [3.8, 4) is 0 Å². The molecule has 0 aliphatic heterocycles. The molecular weight excluding hydrogens is 276 g/mol. The summed E-state index contributed by atoms with van der Waals surface area (Å²) in [6, 6.07) is 6.36. The summed E-state index contributed by atoms with van der Waals surface area (Å²) >= 11 is 1.24. The number of nitrogens with two attached hydrogens (primary N) is 1. The van der Waals surface area contributed by atoms with Crippen LogP contribution in [0.2, 0.25) is 0 Å². The van der Waals surface area contributed by atoms with Gasteiger partial charge < -0.3 is 16.0 Å². The lowest BCUT2D eigenvalue weighted by Gasteiger charge is -2.07. The predicted molar refractivity (Wildman–Crippen MR) is 77.8 cm³/mol. The number of nitrogens with zero attached hydrogens (tertiary/aromatic N) is 1. The van der Waals surface area contributed by atoms with Crippen LogP contribution in [-0.2, 0) is 0 Å². The second-order valence-electron chi connectivity index (χ2n) is 3.95. The monoisotopic (exact) mass is 290 g/mol. The average Bonchev–Trinajstić information content (AvgIpc) is 2.41. The van der Waals surface area contributed by atoms with Crippen LogP contribution >= 0.6 is 11.8 Å². The Kier molecular flexibility index (Phi) is 4.41. The van der Waals surface area contributed by atoms with E-state index in [1.165, 1.54) is 24.0 Å². The molecule has 0 spiro atoms. The minimum atomic E-state index is -0.222. The molecule has 0 saturated carbocycles. The van der Waals surface area contributed by atoms with Gasteiger partial charge in [-0.15, -0.1) is 0 Å². The van der Waals surface area contributed by atoms with Crippen LogP contribution in [0, 0.1) is 0 Å². The lowest BCUT2D eigenvalue weighted by atomic mass is 10.2. The summed E-state index contributed by atoms with van der Waals surface area (Å²) in [6.07, 6.45) is 1.43. The van der Waals surface area contributed by atoms with E-state index < -0.39 is 0 Å². The molecule has 6 nitrogen and oxygen atoms in total. The highest BCUT2D eigenvalue weighted by atomic mass is 32.2. The van der Waals surface area contributed by atoms with Crippen molar-refractivity contribution in [2.24, 2.45) is 0 Å². The second kappa shape index (κ2) is 6.25. The van der Waals surface area contributed by atoms with Crippen molar-refractivity contribution in [2.45, 2.75) is 17.0 Å². The Labute approximate surface area is 119 Å². The predicted octanol–water partition coefficient (Wildman–Crippen LogP) is 1.25. The van der Waals surface area contributed by atoms with E-state index in [0.717, 1.165) is 4.90 Å². The van der Waals surface area contributed by atoms with Crippen molar-refractivity contribution in [3.63, 3.8) is 0 Å². The fraction of sp³-hybridized carbons (Fsp3) is 0.154. The zero-order valence-corrected chi connectivity index (χ0v) is 11.7. The molecule has 1 amide bonds. The minimum Gasteiger partial charge on any atom is -0.398 e. The van der Waals surface area contributed by atoms with E-state index in [-0.39, 0.29) is 11.5 Å². The molecule has 2 aromatic rings. The smallest absolute Gasteiger partial charge is 0.251 e. The van der Waals surface area contributed by atoms with E-state index in [1.807, 2.05) is 6.92 Å². The first kappa shape index (κ1) is 14.1. The zero-order valence-electron chi connectivity index (χ0n) is 10.8. The molecule has 0 aliphatic carbocycles. The number of anilines is 1. The SMILES string of the molecule is CCNC(=O)c1ccc(Sc2nccc(=O)[nH]2)c(N)c1. The second-order valence-corrected chi connectivity index (χ2v) is 4.98. The maximum absolute atomic E-state index is 11.7. The third-order valence-electron chi connectivity index (χ3n) is 2.46. The van der Waals surface area contributed by atoms with Crippen molar-refractivity contribution in [1.29, 1.82) is 0 Å². The Morgan fingerprint density at radius 1 is 1.45 bits per heavy atom. The van der Waals surface area contributed by atoms with Crippen molar-refractivity contribution >= 4 is 23.4 Å². The Morgan fingerprint density at radius 2 is 2.25 bits per heavy atom. The van der Waals surface area contributed by atoms with Gasteiger partial charge in [-0.05, 0) is 36.9 Å². The number of carbonyl (C=O) groups is 1. The summed E-state index contributed by atoms with van der Waals surface area (Å²) in [5, 5.41) is 3.16.